The molecule has 0 fully saturated rings. The Bertz CT molecular complexity index is 1070. The first-order chi connectivity index (χ1) is 14.8. The molecule has 0 aliphatic rings. The molecule has 31 heavy (non-hydrogen) atoms. The summed E-state index contributed by atoms with van der Waals surface area (Å²) in [6.07, 6.45) is 0.681. The van der Waals surface area contributed by atoms with Crippen molar-refractivity contribution in [2.75, 3.05) is 5.32 Å². The fourth-order valence-corrected chi connectivity index (χ4v) is 4.18. The average molecular weight is 498 g/mol. The molecular weight excluding hydrogens is 479 g/mol. The molecule has 0 radical (unpaired) electrons. The molecular formula is C21H19Cl3N4O2S. The lowest BCUT2D eigenvalue weighted by Gasteiger charge is -2.23. The Hall–Kier alpha value is -2.19. The van der Waals surface area contributed by atoms with Gasteiger partial charge in [-0.15, -0.1) is 10.2 Å². The van der Waals surface area contributed by atoms with Crippen molar-refractivity contribution in [2.45, 2.75) is 26.3 Å². The first-order valence-corrected chi connectivity index (χ1v) is 11.4. The third kappa shape index (κ3) is 6.17. The topological polar surface area (TPSA) is 84.0 Å². The fraction of sp³-hybridized carbons (Fsp3) is 0.238. The Morgan fingerprint density at radius 2 is 1.65 bits per heavy atom. The van der Waals surface area contributed by atoms with Crippen LogP contribution < -0.4 is 10.6 Å². The van der Waals surface area contributed by atoms with Crippen LogP contribution >= 0.6 is 46.1 Å². The van der Waals surface area contributed by atoms with Gasteiger partial charge in [0.05, 0.1) is 0 Å². The minimum Gasteiger partial charge on any atom is -0.340 e. The van der Waals surface area contributed by atoms with E-state index >= 15 is 0 Å². The van der Waals surface area contributed by atoms with E-state index in [2.05, 4.69) is 20.8 Å². The van der Waals surface area contributed by atoms with E-state index in [4.69, 9.17) is 34.8 Å². The molecule has 3 rings (SSSR count). The van der Waals surface area contributed by atoms with Crippen LogP contribution in [0, 0.1) is 5.92 Å². The molecule has 1 heterocycles. The Balaban J connectivity index is 1.74. The summed E-state index contributed by atoms with van der Waals surface area (Å²) >= 11 is 19.1. The number of halogens is 3. The molecule has 0 saturated heterocycles. The van der Waals surface area contributed by atoms with Gasteiger partial charge in [0.15, 0.2) is 0 Å². The third-order valence-electron chi connectivity index (χ3n) is 4.65. The Morgan fingerprint density at radius 3 is 2.26 bits per heavy atom. The van der Waals surface area contributed by atoms with Crippen LogP contribution in [0.3, 0.4) is 0 Å². The van der Waals surface area contributed by atoms with E-state index in [0.29, 0.717) is 31.6 Å². The Morgan fingerprint density at radius 1 is 1.00 bits per heavy atom. The smallest absolute Gasteiger partial charge is 0.252 e. The number of anilines is 1. The zero-order valence-corrected chi connectivity index (χ0v) is 19.7. The maximum Gasteiger partial charge on any atom is 0.252 e. The second kappa shape index (κ2) is 10.4. The SMILES string of the molecule is CCC(C)C(NC(=O)c1cc(Cl)cc(Cl)c1)C(=O)Nc1nnc(-c2ccc(Cl)cc2)s1. The highest BCUT2D eigenvalue weighted by Gasteiger charge is 2.27. The molecule has 0 spiro atoms. The van der Waals surface area contributed by atoms with Crippen LogP contribution in [0.4, 0.5) is 5.13 Å². The third-order valence-corrected chi connectivity index (χ3v) is 6.23. The van der Waals surface area contributed by atoms with Crippen LogP contribution in [-0.4, -0.2) is 28.1 Å². The van der Waals surface area contributed by atoms with Crippen molar-refractivity contribution in [2.24, 2.45) is 5.92 Å². The maximum atomic E-state index is 12.9. The van der Waals surface area contributed by atoms with E-state index < -0.39 is 11.9 Å². The van der Waals surface area contributed by atoms with Gasteiger partial charge in [-0.3, -0.25) is 14.9 Å². The summed E-state index contributed by atoms with van der Waals surface area (Å²) < 4.78 is 0. The zero-order valence-electron chi connectivity index (χ0n) is 16.7. The molecule has 2 amide bonds. The largest absolute Gasteiger partial charge is 0.340 e. The summed E-state index contributed by atoms with van der Waals surface area (Å²) in [5, 5.41) is 16.0. The van der Waals surface area contributed by atoms with Crippen LogP contribution in [0.1, 0.15) is 30.6 Å². The molecule has 162 valence electrons. The van der Waals surface area contributed by atoms with Gasteiger partial charge < -0.3 is 5.32 Å². The van der Waals surface area contributed by atoms with E-state index in [1.807, 2.05) is 26.0 Å². The van der Waals surface area contributed by atoms with Crippen LogP contribution in [0.5, 0.6) is 0 Å². The predicted octanol–water partition coefficient (Wildman–Crippen LogP) is 5.95. The highest BCUT2D eigenvalue weighted by atomic mass is 35.5. The van der Waals surface area contributed by atoms with Gasteiger partial charge in [0.2, 0.25) is 11.0 Å². The highest BCUT2D eigenvalue weighted by molar-refractivity contribution is 7.18. The molecule has 0 aliphatic heterocycles. The molecule has 0 bridgehead atoms. The lowest BCUT2D eigenvalue weighted by atomic mass is 9.98. The number of carbonyl (C=O) groups is 2. The first kappa shape index (κ1) is 23.5. The van der Waals surface area contributed by atoms with Crippen molar-refractivity contribution < 1.29 is 9.59 Å². The molecule has 10 heteroatoms. The number of hydrogen-bond acceptors (Lipinski definition) is 5. The predicted molar refractivity (Wildman–Crippen MR) is 126 cm³/mol. The summed E-state index contributed by atoms with van der Waals surface area (Å²) in [5.41, 5.74) is 1.12. The molecule has 2 unspecified atom stereocenters. The Kier molecular flexibility index (Phi) is 7.89. The van der Waals surface area contributed by atoms with Crippen molar-refractivity contribution >= 4 is 63.1 Å². The van der Waals surface area contributed by atoms with Crippen molar-refractivity contribution in [3.63, 3.8) is 0 Å². The Labute approximate surface area is 198 Å². The number of amides is 2. The van der Waals surface area contributed by atoms with Crippen molar-refractivity contribution in [1.29, 1.82) is 0 Å². The van der Waals surface area contributed by atoms with Gasteiger partial charge >= 0.3 is 0 Å². The second-order valence-electron chi connectivity index (χ2n) is 6.90. The van der Waals surface area contributed by atoms with Crippen LogP contribution in [0.25, 0.3) is 10.6 Å². The number of benzene rings is 2. The summed E-state index contributed by atoms with van der Waals surface area (Å²) in [6, 6.07) is 10.9. The minimum absolute atomic E-state index is 0.123. The minimum atomic E-state index is -0.780. The van der Waals surface area contributed by atoms with Gasteiger partial charge in [0.25, 0.3) is 5.91 Å². The van der Waals surface area contributed by atoms with E-state index in [9.17, 15) is 9.59 Å². The standard InChI is InChI=1S/C21H19Cl3N4O2S/c1-3-11(2)17(25-18(29)13-8-15(23)10-16(24)9-13)19(30)26-21-28-27-20(31-21)12-4-6-14(22)7-5-12/h4-11,17H,3H2,1-2H3,(H,25,29)(H,26,28,30). The van der Waals surface area contributed by atoms with Gasteiger partial charge in [0, 0.05) is 26.2 Å². The van der Waals surface area contributed by atoms with Crippen LogP contribution in [-0.2, 0) is 4.79 Å². The zero-order chi connectivity index (χ0) is 22.5. The maximum absolute atomic E-state index is 12.9. The normalized spacial score (nSPS) is 12.8. The second-order valence-corrected chi connectivity index (χ2v) is 9.19. The summed E-state index contributed by atoms with van der Waals surface area (Å²) in [4.78, 5) is 25.7. The van der Waals surface area contributed by atoms with Gasteiger partial charge in [-0.2, -0.15) is 0 Å². The van der Waals surface area contributed by atoms with Crippen molar-refractivity contribution in [1.82, 2.24) is 15.5 Å². The molecule has 0 saturated carbocycles. The lowest BCUT2D eigenvalue weighted by molar-refractivity contribution is -0.119. The summed E-state index contributed by atoms with van der Waals surface area (Å²) in [7, 11) is 0. The number of hydrogen-bond donors (Lipinski definition) is 2. The number of rotatable bonds is 7. The molecule has 3 aromatic rings. The van der Waals surface area contributed by atoms with E-state index in [-0.39, 0.29) is 17.4 Å². The van der Waals surface area contributed by atoms with Gasteiger partial charge in [0.1, 0.15) is 11.0 Å². The van der Waals surface area contributed by atoms with E-state index in [1.54, 1.807) is 12.1 Å². The molecule has 2 aromatic carbocycles. The highest BCUT2D eigenvalue weighted by Crippen LogP contribution is 2.27. The number of aromatic nitrogens is 2. The first-order valence-electron chi connectivity index (χ1n) is 9.44. The molecule has 2 N–H and O–H groups in total. The van der Waals surface area contributed by atoms with Crippen molar-refractivity contribution in [3.8, 4) is 10.6 Å². The summed E-state index contributed by atoms with van der Waals surface area (Å²) in [5.74, 6) is -0.944. The van der Waals surface area contributed by atoms with Crippen molar-refractivity contribution in [3.05, 3.63) is 63.1 Å². The average Bonchev–Trinajstić information content (AvgIpc) is 3.19. The van der Waals surface area contributed by atoms with Gasteiger partial charge in [-0.05, 0) is 36.2 Å². The molecule has 6 nitrogen and oxygen atoms in total. The summed E-state index contributed by atoms with van der Waals surface area (Å²) in [6.45, 7) is 3.83. The van der Waals surface area contributed by atoms with E-state index in [1.165, 1.54) is 29.5 Å². The number of nitrogens with zero attached hydrogens (tertiary/aromatic N) is 2. The van der Waals surface area contributed by atoms with Gasteiger partial charge in [-0.25, -0.2) is 0 Å². The molecule has 2 atom stereocenters. The fourth-order valence-electron chi connectivity index (χ4n) is 2.78. The van der Waals surface area contributed by atoms with Crippen LogP contribution in [0.2, 0.25) is 15.1 Å². The van der Waals surface area contributed by atoms with Gasteiger partial charge in [-0.1, -0.05) is 78.5 Å². The lowest BCUT2D eigenvalue weighted by Crippen LogP contribution is -2.47. The molecule has 1 aromatic heterocycles. The molecule has 0 aliphatic carbocycles. The quantitative estimate of drug-likeness (QED) is 0.422. The monoisotopic (exact) mass is 496 g/mol. The van der Waals surface area contributed by atoms with E-state index in [0.717, 1.165) is 5.56 Å². The number of nitrogens with one attached hydrogen (secondary N) is 2. The number of carbonyl (C=O) groups excluding carboxylic acids is 2. The van der Waals surface area contributed by atoms with Crippen LogP contribution in [0.15, 0.2) is 42.5 Å².